The van der Waals surface area contributed by atoms with Gasteiger partial charge in [0.2, 0.25) is 5.71 Å². The first-order chi connectivity index (χ1) is 8.08. The number of nitrogens with zero attached hydrogens (tertiary/aromatic N) is 4. The summed E-state index contributed by atoms with van der Waals surface area (Å²) >= 11 is 0. The Bertz CT molecular complexity index is 549. The van der Waals surface area contributed by atoms with Crippen molar-refractivity contribution in [3.05, 3.63) is 33.9 Å². The summed E-state index contributed by atoms with van der Waals surface area (Å²) < 4.78 is 0. The zero-order chi connectivity index (χ0) is 12.8. The lowest BCUT2D eigenvalue weighted by molar-refractivity contribution is -0.384. The lowest BCUT2D eigenvalue weighted by atomic mass is 10.2. The standard InChI is InChI=1S/C10H7N5O2/c1-7-4-9(15(16)17)2-3-10(7)14-13-8(5-11)6-12/h2-4,14H,1H3. The number of rotatable bonds is 3. The molecule has 0 radical (unpaired) electrons. The van der Waals surface area contributed by atoms with Gasteiger partial charge in [-0.05, 0) is 18.6 Å². The molecule has 0 bridgehead atoms. The zero-order valence-electron chi connectivity index (χ0n) is 8.84. The average Bonchev–Trinajstić information content (AvgIpc) is 2.31. The van der Waals surface area contributed by atoms with Crippen LogP contribution in [0.5, 0.6) is 0 Å². The lowest BCUT2D eigenvalue weighted by Gasteiger charge is -2.03. The summed E-state index contributed by atoms with van der Waals surface area (Å²) in [6, 6.07) is 7.32. The maximum absolute atomic E-state index is 10.5. The first kappa shape index (κ1) is 12.1. The fraction of sp³-hybridized carbons (Fsp3) is 0.100. The summed E-state index contributed by atoms with van der Waals surface area (Å²) in [6.45, 7) is 1.66. The molecule has 1 N–H and O–H groups in total. The molecule has 7 nitrogen and oxygen atoms in total. The Labute approximate surface area is 96.7 Å². The molecule has 0 aromatic heterocycles. The van der Waals surface area contributed by atoms with Gasteiger partial charge in [-0.15, -0.1) is 0 Å². The van der Waals surface area contributed by atoms with E-state index in [0.29, 0.717) is 11.3 Å². The number of hydrazone groups is 1. The van der Waals surface area contributed by atoms with E-state index in [1.807, 2.05) is 0 Å². The molecule has 1 rings (SSSR count). The molecule has 0 saturated heterocycles. The molecule has 84 valence electrons. The zero-order valence-corrected chi connectivity index (χ0v) is 8.84. The Morgan fingerprint density at radius 1 is 1.47 bits per heavy atom. The predicted molar refractivity (Wildman–Crippen MR) is 60.1 cm³/mol. The average molecular weight is 229 g/mol. The summed E-state index contributed by atoms with van der Waals surface area (Å²) in [7, 11) is 0. The number of anilines is 1. The number of nitriles is 2. The van der Waals surface area contributed by atoms with Crippen LogP contribution in [0.3, 0.4) is 0 Å². The maximum Gasteiger partial charge on any atom is 0.269 e. The van der Waals surface area contributed by atoms with Crippen LogP contribution in [0.2, 0.25) is 0 Å². The van der Waals surface area contributed by atoms with Gasteiger partial charge in [0.25, 0.3) is 5.69 Å². The van der Waals surface area contributed by atoms with Crippen LogP contribution in [-0.4, -0.2) is 10.6 Å². The number of non-ortho nitro benzene ring substituents is 1. The predicted octanol–water partition coefficient (Wildman–Crippen LogP) is 1.72. The first-order valence-electron chi connectivity index (χ1n) is 4.47. The topological polar surface area (TPSA) is 115 Å². The summed E-state index contributed by atoms with van der Waals surface area (Å²) in [5, 5.41) is 31.0. The molecule has 0 saturated carbocycles. The number of nitrogens with one attached hydrogen (secondary N) is 1. The molecule has 0 unspecified atom stereocenters. The molecular formula is C10H7N5O2. The van der Waals surface area contributed by atoms with Crippen molar-refractivity contribution in [2.24, 2.45) is 5.10 Å². The monoisotopic (exact) mass is 229 g/mol. The molecule has 7 heteroatoms. The highest BCUT2D eigenvalue weighted by Gasteiger charge is 2.07. The second-order valence-electron chi connectivity index (χ2n) is 3.05. The molecule has 0 aliphatic rings. The molecular weight excluding hydrogens is 222 g/mol. The van der Waals surface area contributed by atoms with Gasteiger partial charge < -0.3 is 0 Å². The fourth-order valence-corrected chi connectivity index (χ4v) is 1.08. The van der Waals surface area contributed by atoms with E-state index in [-0.39, 0.29) is 11.4 Å². The van der Waals surface area contributed by atoms with Crippen molar-refractivity contribution in [1.82, 2.24) is 0 Å². The molecule has 0 atom stereocenters. The minimum absolute atomic E-state index is 0.0298. The minimum atomic E-state index is -0.504. The van der Waals surface area contributed by atoms with E-state index in [2.05, 4.69) is 10.5 Å². The van der Waals surface area contributed by atoms with Crippen molar-refractivity contribution in [3.63, 3.8) is 0 Å². The second-order valence-corrected chi connectivity index (χ2v) is 3.05. The van der Waals surface area contributed by atoms with E-state index in [1.165, 1.54) is 18.2 Å². The Kier molecular flexibility index (Phi) is 3.74. The summed E-state index contributed by atoms with van der Waals surface area (Å²) in [5.74, 6) is 0. The first-order valence-corrected chi connectivity index (χ1v) is 4.47. The van der Waals surface area contributed by atoms with E-state index in [1.54, 1.807) is 19.1 Å². The van der Waals surface area contributed by atoms with Gasteiger partial charge in [0, 0.05) is 12.1 Å². The van der Waals surface area contributed by atoms with E-state index in [4.69, 9.17) is 10.5 Å². The highest BCUT2D eigenvalue weighted by atomic mass is 16.6. The number of hydrogen-bond donors (Lipinski definition) is 1. The van der Waals surface area contributed by atoms with Crippen molar-refractivity contribution >= 4 is 17.1 Å². The van der Waals surface area contributed by atoms with Crippen LogP contribution in [-0.2, 0) is 0 Å². The van der Waals surface area contributed by atoms with Crippen molar-refractivity contribution in [2.45, 2.75) is 6.92 Å². The summed E-state index contributed by atoms with van der Waals surface area (Å²) in [5.41, 5.74) is 3.25. The Balaban J connectivity index is 2.96. The highest BCUT2D eigenvalue weighted by Crippen LogP contribution is 2.20. The molecule has 1 aromatic rings. The largest absolute Gasteiger partial charge is 0.276 e. The van der Waals surface area contributed by atoms with Gasteiger partial charge in [0.1, 0.15) is 12.1 Å². The van der Waals surface area contributed by atoms with Crippen LogP contribution >= 0.6 is 0 Å². The number of benzene rings is 1. The Hall–Kier alpha value is -2.93. The van der Waals surface area contributed by atoms with E-state index in [0.717, 1.165) is 0 Å². The number of aryl methyl sites for hydroxylation is 1. The highest BCUT2D eigenvalue weighted by molar-refractivity contribution is 6.10. The molecule has 0 amide bonds. The van der Waals surface area contributed by atoms with E-state index >= 15 is 0 Å². The van der Waals surface area contributed by atoms with Gasteiger partial charge in [-0.3, -0.25) is 15.5 Å². The molecule has 1 aromatic carbocycles. The van der Waals surface area contributed by atoms with Crippen molar-refractivity contribution in [3.8, 4) is 12.1 Å². The number of nitro benzene ring substituents is 1. The van der Waals surface area contributed by atoms with Gasteiger partial charge in [-0.1, -0.05) is 0 Å². The fourth-order valence-electron chi connectivity index (χ4n) is 1.08. The number of hydrogen-bond acceptors (Lipinski definition) is 6. The molecule has 0 heterocycles. The van der Waals surface area contributed by atoms with E-state index < -0.39 is 4.92 Å². The Morgan fingerprint density at radius 3 is 2.59 bits per heavy atom. The lowest BCUT2D eigenvalue weighted by Crippen LogP contribution is -1.98. The van der Waals surface area contributed by atoms with Crippen molar-refractivity contribution in [1.29, 1.82) is 10.5 Å². The van der Waals surface area contributed by atoms with Gasteiger partial charge in [0.05, 0.1) is 10.6 Å². The quantitative estimate of drug-likeness (QED) is 0.481. The minimum Gasteiger partial charge on any atom is -0.276 e. The third-order valence-electron chi connectivity index (χ3n) is 1.92. The van der Waals surface area contributed by atoms with Gasteiger partial charge in [-0.2, -0.15) is 15.6 Å². The summed E-state index contributed by atoms with van der Waals surface area (Å²) in [4.78, 5) is 9.99. The SMILES string of the molecule is Cc1cc([N+](=O)[O-])ccc1NN=C(C#N)C#N. The summed E-state index contributed by atoms with van der Waals surface area (Å²) in [6.07, 6.45) is 0. The maximum atomic E-state index is 10.5. The third kappa shape index (κ3) is 3.01. The molecule has 0 spiro atoms. The van der Waals surface area contributed by atoms with Crippen molar-refractivity contribution < 1.29 is 4.92 Å². The van der Waals surface area contributed by atoms with Crippen LogP contribution in [0.25, 0.3) is 0 Å². The van der Waals surface area contributed by atoms with E-state index in [9.17, 15) is 10.1 Å². The van der Waals surface area contributed by atoms with Gasteiger partial charge in [0.15, 0.2) is 0 Å². The van der Waals surface area contributed by atoms with Crippen LogP contribution in [0.1, 0.15) is 5.56 Å². The Morgan fingerprint density at radius 2 is 2.12 bits per heavy atom. The van der Waals surface area contributed by atoms with Gasteiger partial charge in [-0.25, -0.2) is 0 Å². The molecule has 0 aliphatic heterocycles. The number of nitro groups is 1. The molecule has 0 fully saturated rings. The normalized spacial score (nSPS) is 8.65. The molecule has 0 aliphatic carbocycles. The van der Waals surface area contributed by atoms with Crippen LogP contribution < -0.4 is 5.43 Å². The van der Waals surface area contributed by atoms with Gasteiger partial charge >= 0.3 is 0 Å². The van der Waals surface area contributed by atoms with Crippen LogP contribution in [0.4, 0.5) is 11.4 Å². The molecule has 17 heavy (non-hydrogen) atoms. The smallest absolute Gasteiger partial charge is 0.269 e. The van der Waals surface area contributed by atoms with Crippen LogP contribution in [0.15, 0.2) is 23.3 Å². The van der Waals surface area contributed by atoms with Crippen LogP contribution in [0, 0.1) is 39.7 Å². The second kappa shape index (κ2) is 5.24. The van der Waals surface area contributed by atoms with Crippen molar-refractivity contribution in [2.75, 3.05) is 5.43 Å². The third-order valence-corrected chi connectivity index (χ3v) is 1.92.